The molecule has 1 atom stereocenters. The van der Waals surface area contributed by atoms with Gasteiger partial charge in [0.25, 0.3) is 0 Å². The Morgan fingerprint density at radius 2 is 1.57 bits per heavy atom. The predicted octanol–water partition coefficient (Wildman–Crippen LogP) is 4.49. The van der Waals surface area contributed by atoms with Gasteiger partial charge in [0, 0.05) is 0 Å². The first-order valence-electron chi connectivity index (χ1n) is 6.46. The summed E-state index contributed by atoms with van der Waals surface area (Å²) in [7, 11) is 0. The van der Waals surface area contributed by atoms with Crippen LogP contribution in [0.25, 0.3) is 0 Å². The van der Waals surface area contributed by atoms with Crippen molar-refractivity contribution in [3.63, 3.8) is 0 Å². The summed E-state index contributed by atoms with van der Waals surface area (Å²) >= 11 is 0. The average Bonchev–Trinajstić information content (AvgIpc) is 2.46. The monoisotopic (exact) mass is 298 g/mol. The highest BCUT2D eigenvalue weighted by atomic mass is 19.4. The zero-order valence-electron chi connectivity index (χ0n) is 11.3. The van der Waals surface area contributed by atoms with Crippen LogP contribution in [0.3, 0.4) is 0 Å². The van der Waals surface area contributed by atoms with Crippen molar-refractivity contribution in [3.8, 4) is 0 Å². The molecule has 0 spiro atoms. The molecule has 1 nitrogen and oxygen atoms in total. The summed E-state index contributed by atoms with van der Waals surface area (Å²) in [6, 6.07) is 9.43. The van der Waals surface area contributed by atoms with E-state index in [2.05, 4.69) is 0 Å². The molecule has 112 valence electrons. The van der Waals surface area contributed by atoms with Crippen LogP contribution in [0.1, 0.15) is 35.3 Å². The molecule has 0 fully saturated rings. The molecule has 0 radical (unpaired) electrons. The Balaban J connectivity index is 2.36. The summed E-state index contributed by atoms with van der Waals surface area (Å²) in [4.78, 5) is 0. The number of aryl methyl sites for hydroxylation is 1. The van der Waals surface area contributed by atoms with E-state index in [1.807, 2.05) is 6.92 Å². The molecule has 0 amide bonds. The Kier molecular flexibility index (Phi) is 4.32. The van der Waals surface area contributed by atoms with Crippen molar-refractivity contribution in [2.75, 3.05) is 0 Å². The fraction of sp³-hybridized carbons (Fsp3) is 0.250. The Hall–Kier alpha value is -1.88. The molecule has 0 aliphatic carbocycles. The van der Waals surface area contributed by atoms with Gasteiger partial charge >= 0.3 is 6.18 Å². The quantitative estimate of drug-likeness (QED) is 0.828. The van der Waals surface area contributed by atoms with E-state index in [1.54, 1.807) is 24.3 Å². The molecule has 1 N–H and O–H groups in total. The molecule has 2 rings (SSSR count). The number of hydrogen-bond donors (Lipinski definition) is 1. The van der Waals surface area contributed by atoms with Gasteiger partial charge in [-0.05, 0) is 35.2 Å². The molecule has 21 heavy (non-hydrogen) atoms. The van der Waals surface area contributed by atoms with Gasteiger partial charge in [0.1, 0.15) is 11.9 Å². The molecule has 0 heterocycles. The molecule has 2 aromatic carbocycles. The zero-order valence-corrected chi connectivity index (χ0v) is 11.3. The maximum absolute atomic E-state index is 13.2. The summed E-state index contributed by atoms with van der Waals surface area (Å²) in [5.41, 5.74) is 0.158. The van der Waals surface area contributed by atoms with Crippen LogP contribution >= 0.6 is 0 Å². The molecule has 2 aromatic rings. The molecule has 1 unspecified atom stereocenters. The van der Waals surface area contributed by atoms with Crippen LogP contribution in [0.2, 0.25) is 0 Å². The minimum absolute atomic E-state index is 0.00738. The largest absolute Gasteiger partial charge is 0.419 e. The number of rotatable bonds is 3. The fourth-order valence-corrected chi connectivity index (χ4v) is 2.06. The van der Waals surface area contributed by atoms with Crippen LogP contribution in [-0.2, 0) is 12.6 Å². The van der Waals surface area contributed by atoms with E-state index in [0.717, 1.165) is 24.1 Å². The molecule has 0 aliphatic heterocycles. The Morgan fingerprint density at radius 1 is 1.00 bits per heavy atom. The molecular weight excluding hydrogens is 284 g/mol. The molecule has 5 heteroatoms. The minimum atomic E-state index is -4.79. The molecule has 0 aromatic heterocycles. The normalized spacial score (nSPS) is 13.2. The van der Waals surface area contributed by atoms with Gasteiger partial charge in [-0.25, -0.2) is 4.39 Å². The zero-order chi connectivity index (χ0) is 15.6. The third kappa shape index (κ3) is 3.42. The van der Waals surface area contributed by atoms with Crippen molar-refractivity contribution in [2.45, 2.75) is 25.6 Å². The summed E-state index contributed by atoms with van der Waals surface area (Å²) in [6.07, 6.45) is -5.19. The van der Waals surface area contributed by atoms with Crippen molar-refractivity contribution in [1.82, 2.24) is 0 Å². The second kappa shape index (κ2) is 5.85. The Morgan fingerprint density at radius 3 is 2.10 bits per heavy atom. The van der Waals surface area contributed by atoms with Crippen LogP contribution in [0.4, 0.5) is 17.6 Å². The minimum Gasteiger partial charge on any atom is -0.384 e. The first-order valence-corrected chi connectivity index (χ1v) is 6.46. The highest BCUT2D eigenvalue weighted by Gasteiger charge is 2.34. The lowest BCUT2D eigenvalue weighted by atomic mass is 9.98. The van der Waals surface area contributed by atoms with Crippen LogP contribution in [0.5, 0.6) is 0 Å². The van der Waals surface area contributed by atoms with E-state index >= 15 is 0 Å². The third-order valence-electron chi connectivity index (χ3n) is 3.32. The summed E-state index contributed by atoms with van der Waals surface area (Å²) < 4.78 is 51.2. The second-order valence-corrected chi connectivity index (χ2v) is 4.73. The van der Waals surface area contributed by atoms with Crippen LogP contribution in [0.15, 0.2) is 42.5 Å². The van der Waals surface area contributed by atoms with E-state index in [0.29, 0.717) is 11.6 Å². The van der Waals surface area contributed by atoms with Crippen molar-refractivity contribution in [3.05, 3.63) is 70.5 Å². The smallest absolute Gasteiger partial charge is 0.384 e. The molecule has 0 aliphatic rings. The maximum Gasteiger partial charge on any atom is 0.419 e. The molecule has 0 bridgehead atoms. The first-order chi connectivity index (χ1) is 9.82. The van der Waals surface area contributed by atoms with Gasteiger partial charge in [-0.2, -0.15) is 13.2 Å². The third-order valence-corrected chi connectivity index (χ3v) is 3.32. The number of hydrogen-bond acceptors (Lipinski definition) is 1. The van der Waals surface area contributed by atoms with Crippen LogP contribution < -0.4 is 0 Å². The number of benzene rings is 2. The van der Waals surface area contributed by atoms with Crippen molar-refractivity contribution < 1.29 is 22.7 Å². The van der Waals surface area contributed by atoms with Crippen molar-refractivity contribution >= 4 is 0 Å². The molecule has 0 saturated carbocycles. The van der Waals surface area contributed by atoms with E-state index in [1.165, 1.54) is 0 Å². The molecular formula is C16H14F4O. The highest BCUT2D eigenvalue weighted by Crippen LogP contribution is 2.34. The lowest BCUT2D eigenvalue weighted by molar-refractivity contribution is -0.140. The lowest BCUT2D eigenvalue weighted by Crippen LogP contribution is -2.10. The van der Waals surface area contributed by atoms with Gasteiger partial charge in [-0.1, -0.05) is 37.3 Å². The van der Waals surface area contributed by atoms with Crippen molar-refractivity contribution in [2.24, 2.45) is 0 Å². The van der Waals surface area contributed by atoms with E-state index in [-0.39, 0.29) is 5.56 Å². The number of halogens is 4. The fourth-order valence-electron chi connectivity index (χ4n) is 2.06. The van der Waals surface area contributed by atoms with Gasteiger partial charge in [0.15, 0.2) is 0 Å². The highest BCUT2D eigenvalue weighted by molar-refractivity contribution is 5.35. The van der Waals surface area contributed by atoms with Crippen molar-refractivity contribution in [1.29, 1.82) is 0 Å². The Labute approximate surface area is 119 Å². The number of aliphatic hydroxyl groups is 1. The van der Waals surface area contributed by atoms with Gasteiger partial charge in [0.2, 0.25) is 0 Å². The second-order valence-electron chi connectivity index (χ2n) is 4.73. The van der Waals surface area contributed by atoms with Crippen LogP contribution in [0, 0.1) is 5.82 Å². The van der Waals surface area contributed by atoms with Gasteiger partial charge < -0.3 is 5.11 Å². The summed E-state index contributed by atoms with van der Waals surface area (Å²) in [6.45, 7) is 1.97. The first kappa shape index (κ1) is 15.5. The maximum atomic E-state index is 13.2. The number of aliphatic hydroxyl groups excluding tert-OH is 1. The van der Waals surface area contributed by atoms with Crippen LogP contribution in [-0.4, -0.2) is 5.11 Å². The van der Waals surface area contributed by atoms with Gasteiger partial charge in [0.05, 0.1) is 5.56 Å². The van der Waals surface area contributed by atoms with Gasteiger partial charge in [-0.3, -0.25) is 0 Å². The molecule has 0 saturated heterocycles. The summed E-state index contributed by atoms with van der Waals surface area (Å²) in [5.74, 6) is -1.35. The van der Waals surface area contributed by atoms with E-state index < -0.39 is 23.7 Å². The summed E-state index contributed by atoms with van der Waals surface area (Å²) in [5, 5.41) is 10.1. The standard InChI is InChI=1S/C16H14F4O/c1-2-10-3-5-11(6-4-10)15(21)12-7-8-14(17)13(9-12)16(18,19)20/h3-9,15,21H,2H2,1H3. The predicted molar refractivity (Wildman–Crippen MR) is 71.3 cm³/mol. The topological polar surface area (TPSA) is 20.2 Å². The van der Waals surface area contributed by atoms with E-state index in [4.69, 9.17) is 0 Å². The average molecular weight is 298 g/mol. The number of alkyl halides is 3. The SMILES string of the molecule is CCc1ccc(C(O)c2ccc(F)c(C(F)(F)F)c2)cc1. The Bertz CT molecular complexity index is 617. The lowest BCUT2D eigenvalue weighted by Gasteiger charge is -2.15. The van der Waals surface area contributed by atoms with Gasteiger partial charge in [-0.15, -0.1) is 0 Å². The van der Waals surface area contributed by atoms with E-state index in [9.17, 15) is 22.7 Å².